The molecule has 0 aromatic carbocycles. The first-order valence-electron chi connectivity index (χ1n) is 7.65. The van der Waals surface area contributed by atoms with Crippen LogP contribution in [-0.2, 0) is 19.4 Å². The van der Waals surface area contributed by atoms with Crippen LogP contribution in [0.1, 0.15) is 50.9 Å². The molecule has 1 aliphatic carbocycles. The van der Waals surface area contributed by atoms with Crippen molar-refractivity contribution in [3.63, 3.8) is 0 Å². The summed E-state index contributed by atoms with van der Waals surface area (Å²) in [6.45, 7) is 5.24. The first-order valence-corrected chi connectivity index (χ1v) is 8.70. The Labute approximate surface area is 121 Å². The highest BCUT2D eigenvalue weighted by Gasteiger charge is 2.17. The van der Waals surface area contributed by atoms with Crippen molar-refractivity contribution < 1.29 is 0 Å². The van der Waals surface area contributed by atoms with Gasteiger partial charge in [0.25, 0.3) is 0 Å². The molecule has 1 atom stereocenters. The maximum absolute atomic E-state index is 6.30. The Balaban J connectivity index is 1.83. The van der Waals surface area contributed by atoms with Crippen LogP contribution in [0.5, 0.6) is 0 Å². The van der Waals surface area contributed by atoms with Crippen molar-refractivity contribution in [2.24, 2.45) is 5.73 Å². The third-order valence-corrected chi connectivity index (χ3v) is 5.46. The van der Waals surface area contributed by atoms with Crippen LogP contribution in [-0.4, -0.2) is 26.8 Å². The zero-order valence-electron chi connectivity index (χ0n) is 12.3. The lowest BCUT2D eigenvalue weighted by molar-refractivity contribution is 0.591. The number of aromatic nitrogens is 2. The maximum atomic E-state index is 6.30. The number of thioether (sulfide) groups is 1. The molecule has 1 aromatic rings. The smallest absolute Gasteiger partial charge is 0.0624 e. The number of rotatable bonds is 7. The van der Waals surface area contributed by atoms with Crippen molar-refractivity contribution in [1.29, 1.82) is 0 Å². The summed E-state index contributed by atoms with van der Waals surface area (Å²) in [6, 6.07) is 2.49. The number of nitrogens with two attached hydrogens (primary N) is 1. The average Bonchev–Trinajstić information content (AvgIpc) is 3.05. The molecule has 1 fully saturated rings. The molecule has 1 aromatic heterocycles. The van der Waals surface area contributed by atoms with Gasteiger partial charge >= 0.3 is 0 Å². The van der Waals surface area contributed by atoms with Crippen LogP contribution in [0.3, 0.4) is 0 Å². The Hall–Kier alpha value is -0.480. The molecule has 1 unspecified atom stereocenters. The van der Waals surface area contributed by atoms with Crippen molar-refractivity contribution in [2.75, 3.05) is 5.75 Å². The van der Waals surface area contributed by atoms with Crippen LogP contribution in [0.15, 0.2) is 6.07 Å². The Kier molecular flexibility index (Phi) is 5.76. The van der Waals surface area contributed by atoms with Crippen molar-refractivity contribution in [2.45, 2.75) is 70.2 Å². The van der Waals surface area contributed by atoms with E-state index in [0.717, 1.165) is 30.4 Å². The fourth-order valence-electron chi connectivity index (χ4n) is 2.77. The van der Waals surface area contributed by atoms with Crippen molar-refractivity contribution in [1.82, 2.24) is 9.78 Å². The normalized spacial score (nSPS) is 18.1. The third kappa shape index (κ3) is 4.25. The Bertz CT molecular complexity index is 383. The van der Waals surface area contributed by atoms with Crippen LogP contribution in [0.2, 0.25) is 0 Å². The van der Waals surface area contributed by atoms with E-state index in [1.54, 1.807) is 0 Å². The molecule has 2 N–H and O–H groups in total. The molecule has 0 aliphatic heterocycles. The monoisotopic (exact) mass is 281 g/mol. The predicted octanol–water partition coefficient (Wildman–Crippen LogP) is 3.01. The van der Waals surface area contributed by atoms with E-state index in [4.69, 9.17) is 5.73 Å². The Morgan fingerprint density at radius 3 is 2.79 bits per heavy atom. The number of hydrogen-bond acceptors (Lipinski definition) is 3. The largest absolute Gasteiger partial charge is 0.327 e. The second kappa shape index (κ2) is 7.34. The third-order valence-electron chi connectivity index (χ3n) is 3.90. The molecule has 2 rings (SSSR count). The summed E-state index contributed by atoms with van der Waals surface area (Å²) in [5, 5.41) is 5.46. The van der Waals surface area contributed by atoms with Gasteiger partial charge in [-0.25, -0.2) is 0 Å². The van der Waals surface area contributed by atoms with Gasteiger partial charge in [-0.15, -0.1) is 0 Å². The quantitative estimate of drug-likeness (QED) is 0.835. The fraction of sp³-hybridized carbons (Fsp3) is 0.800. The van der Waals surface area contributed by atoms with Crippen LogP contribution in [0, 0.1) is 0 Å². The van der Waals surface area contributed by atoms with Crippen molar-refractivity contribution in [3.8, 4) is 0 Å². The highest BCUT2D eigenvalue weighted by Crippen LogP contribution is 2.29. The highest BCUT2D eigenvalue weighted by atomic mass is 32.2. The fourth-order valence-corrected chi connectivity index (χ4v) is 4.07. The zero-order valence-corrected chi connectivity index (χ0v) is 13.1. The summed E-state index contributed by atoms with van der Waals surface area (Å²) in [4.78, 5) is 0. The van der Waals surface area contributed by atoms with Gasteiger partial charge in [0.2, 0.25) is 0 Å². The van der Waals surface area contributed by atoms with Crippen molar-refractivity contribution >= 4 is 11.8 Å². The lowest BCUT2D eigenvalue weighted by Gasteiger charge is -2.15. The molecule has 1 aliphatic rings. The zero-order chi connectivity index (χ0) is 13.7. The maximum Gasteiger partial charge on any atom is 0.0624 e. The Morgan fingerprint density at radius 2 is 2.16 bits per heavy atom. The summed E-state index contributed by atoms with van der Waals surface area (Å²) in [7, 11) is 0. The highest BCUT2D eigenvalue weighted by molar-refractivity contribution is 7.99. The second-order valence-corrected chi connectivity index (χ2v) is 6.83. The van der Waals surface area contributed by atoms with E-state index < -0.39 is 0 Å². The van der Waals surface area contributed by atoms with Crippen LogP contribution >= 0.6 is 11.8 Å². The summed E-state index contributed by atoms with van der Waals surface area (Å²) < 4.78 is 2.11. The molecule has 0 bridgehead atoms. The van der Waals surface area contributed by atoms with Crippen molar-refractivity contribution in [3.05, 3.63) is 17.5 Å². The van der Waals surface area contributed by atoms with E-state index >= 15 is 0 Å². The molecule has 1 heterocycles. The standard InChI is InChI=1S/C15H27N3S/c1-3-13-10-14(18(4-2)17-13)9-12(16)11-19-15-7-5-6-8-15/h10,12,15H,3-9,11,16H2,1-2H3. The topological polar surface area (TPSA) is 43.8 Å². The number of nitrogens with zero attached hydrogens (tertiary/aromatic N) is 2. The number of hydrogen-bond donors (Lipinski definition) is 1. The second-order valence-electron chi connectivity index (χ2n) is 5.50. The van der Waals surface area contributed by atoms with Gasteiger partial charge in [0.15, 0.2) is 0 Å². The molecule has 0 saturated heterocycles. The molecule has 3 nitrogen and oxygen atoms in total. The van der Waals surface area contributed by atoms with Gasteiger partial charge in [0, 0.05) is 35.7 Å². The van der Waals surface area contributed by atoms with Crippen LogP contribution in [0.4, 0.5) is 0 Å². The SMILES string of the molecule is CCc1cc(CC(N)CSC2CCCC2)n(CC)n1. The molecule has 1 saturated carbocycles. The molecule has 0 radical (unpaired) electrons. The first-order chi connectivity index (χ1) is 9.22. The summed E-state index contributed by atoms with van der Waals surface area (Å²) in [5.74, 6) is 1.08. The molecular weight excluding hydrogens is 254 g/mol. The lowest BCUT2D eigenvalue weighted by atomic mass is 10.2. The van der Waals surface area contributed by atoms with E-state index in [1.807, 2.05) is 0 Å². The van der Waals surface area contributed by atoms with E-state index in [0.29, 0.717) is 0 Å². The van der Waals surface area contributed by atoms with Gasteiger partial charge < -0.3 is 5.73 Å². The van der Waals surface area contributed by atoms with Crippen LogP contribution < -0.4 is 5.73 Å². The minimum atomic E-state index is 0.261. The minimum absolute atomic E-state index is 0.261. The minimum Gasteiger partial charge on any atom is -0.327 e. The van der Waals surface area contributed by atoms with Gasteiger partial charge in [-0.2, -0.15) is 16.9 Å². The van der Waals surface area contributed by atoms with E-state index in [-0.39, 0.29) is 6.04 Å². The van der Waals surface area contributed by atoms with E-state index in [2.05, 4.69) is 41.5 Å². The molecule has 19 heavy (non-hydrogen) atoms. The van der Waals surface area contributed by atoms with Gasteiger partial charge in [0.1, 0.15) is 0 Å². The molecule has 108 valence electrons. The molecule has 0 spiro atoms. The summed E-state index contributed by atoms with van der Waals surface area (Å²) >= 11 is 2.08. The Morgan fingerprint density at radius 1 is 1.42 bits per heavy atom. The van der Waals surface area contributed by atoms with Gasteiger partial charge in [-0.1, -0.05) is 19.8 Å². The average molecular weight is 281 g/mol. The van der Waals surface area contributed by atoms with E-state index in [1.165, 1.54) is 37.1 Å². The van der Waals surface area contributed by atoms with Gasteiger partial charge in [-0.3, -0.25) is 4.68 Å². The molecule has 4 heteroatoms. The predicted molar refractivity (Wildman–Crippen MR) is 83.7 cm³/mol. The van der Waals surface area contributed by atoms with Gasteiger partial charge in [0.05, 0.1) is 5.69 Å². The van der Waals surface area contributed by atoms with E-state index in [9.17, 15) is 0 Å². The first kappa shape index (κ1) is 14.9. The lowest BCUT2D eigenvalue weighted by Crippen LogP contribution is -2.27. The molecule has 0 amide bonds. The summed E-state index contributed by atoms with van der Waals surface area (Å²) in [5.41, 5.74) is 8.79. The van der Waals surface area contributed by atoms with Gasteiger partial charge in [-0.05, 0) is 32.3 Å². The van der Waals surface area contributed by atoms with Crippen LogP contribution in [0.25, 0.3) is 0 Å². The summed E-state index contributed by atoms with van der Waals surface area (Å²) in [6.07, 6.45) is 7.58. The number of aryl methyl sites for hydroxylation is 2. The molecular formula is C15H27N3S.